The molecule has 4 heteroatoms. The number of hydrogen-bond acceptors (Lipinski definition) is 3. The van der Waals surface area contributed by atoms with E-state index >= 15 is 0 Å². The van der Waals surface area contributed by atoms with Crippen LogP contribution in [0.25, 0.3) is 0 Å². The lowest BCUT2D eigenvalue weighted by Gasteiger charge is -2.11. The maximum absolute atomic E-state index is 10.6. The molecular formula is C5H11NO3. The molecule has 0 bridgehead atoms. The summed E-state index contributed by atoms with van der Waals surface area (Å²) >= 11 is 0. The van der Waals surface area contributed by atoms with Gasteiger partial charge in [0.15, 0.2) is 0 Å². The van der Waals surface area contributed by atoms with Gasteiger partial charge in [0.05, 0.1) is 13.7 Å². The molecule has 9 heavy (non-hydrogen) atoms. The van der Waals surface area contributed by atoms with Crippen LogP contribution >= 0.6 is 0 Å². The quantitative estimate of drug-likeness (QED) is 0.519. The summed E-state index contributed by atoms with van der Waals surface area (Å²) in [4.78, 5) is 15.1. The van der Waals surface area contributed by atoms with Crippen LogP contribution in [0.4, 0.5) is 4.79 Å². The fourth-order valence-corrected chi connectivity index (χ4v) is 0.289. The van der Waals surface area contributed by atoms with Gasteiger partial charge in [-0.1, -0.05) is 0 Å². The minimum atomic E-state index is -0.472. The van der Waals surface area contributed by atoms with Crippen LogP contribution in [-0.4, -0.2) is 31.9 Å². The Hall–Kier alpha value is -0.770. The average Bonchev–Trinajstić information content (AvgIpc) is 1.87. The van der Waals surface area contributed by atoms with E-state index in [9.17, 15) is 4.79 Å². The van der Waals surface area contributed by atoms with E-state index in [4.69, 9.17) is 0 Å². The van der Waals surface area contributed by atoms with Crippen molar-refractivity contribution in [2.45, 2.75) is 6.92 Å². The molecule has 1 amide bonds. The van der Waals surface area contributed by atoms with Gasteiger partial charge in [-0.25, -0.2) is 4.79 Å². The molecule has 4 nitrogen and oxygen atoms in total. The minimum Gasteiger partial charge on any atom is -0.448 e. The summed E-state index contributed by atoms with van der Waals surface area (Å²) in [6, 6.07) is 0. The molecule has 0 aromatic carbocycles. The molecule has 0 aliphatic carbocycles. The van der Waals surface area contributed by atoms with Crippen molar-refractivity contribution < 1.29 is 14.4 Å². The molecule has 0 atom stereocenters. The van der Waals surface area contributed by atoms with Crippen LogP contribution in [0.2, 0.25) is 0 Å². The van der Waals surface area contributed by atoms with Gasteiger partial charge < -0.3 is 4.74 Å². The molecule has 0 aliphatic rings. The van der Waals surface area contributed by atoms with E-state index in [0.29, 0.717) is 6.61 Å². The molecule has 0 rings (SSSR count). The number of nitrogens with zero attached hydrogens (tertiary/aromatic N) is 1. The number of carbonyl (C=O) groups is 1. The first-order valence-electron chi connectivity index (χ1n) is 2.67. The van der Waals surface area contributed by atoms with Crippen LogP contribution in [0.15, 0.2) is 0 Å². The first-order valence-corrected chi connectivity index (χ1v) is 2.67. The highest BCUT2D eigenvalue weighted by atomic mass is 16.7. The van der Waals surface area contributed by atoms with E-state index in [-0.39, 0.29) is 0 Å². The lowest BCUT2D eigenvalue weighted by molar-refractivity contribution is -0.0895. The normalized spacial score (nSPS) is 8.78. The Labute approximate surface area is 54.3 Å². The highest BCUT2D eigenvalue weighted by Gasteiger charge is 2.05. The minimum absolute atomic E-state index is 0.368. The summed E-state index contributed by atoms with van der Waals surface area (Å²) in [7, 11) is 2.88. The second kappa shape index (κ2) is 4.14. The first-order chi connectivity index (χ1) is 4.22. The molecule has 0 unspecified atom stereocenters. The zero-order valence-electron chi connectivity index (χ0n) is 5.88. The van der Waals surface area contributed by atoms with Crippen LogP contribution in [0.3, 0.4) is 0 Å². The van der Waals surface area contributed by atoms with E-state index in [1.54, 1.807) is 6.92 Å². The van der Waals surface area contributed by atoms with Crippen LogP contribution in [0.1, 0.15) is 6.92 Å². The van der Waals surface area contributed by atoms with Gasteiger partial charge in [0.1, 0.15) is 0 Å². The second-order valence-corrected chi connectivity index (χ2v) is 1.38. The summed E-state index contributed by atoms with van der Waals surface area (Å²) in [5.41, 5.74) is 0. The Morgan fingerprint density at radius 2 is 2.22 bits per heavy atom. The summed E-state index contributed by atoms with van der Waals surface area (Å²) in [6.07, 6.45) is -0.472. The molecule has 0 saturated heterocycles. The number of hydroxylamine groups is 2. The monoisotopic (exact) mass is 133 g/mol. The molecule has 0 N–H and O–H groups in total. The van der Waals surface area contributed by atoms with Crippen molar-refractivity contribution in [1.29, 1.82) is 0 Å². The summed E-state index contributed by atoms with van der Waals surface area (Å²) in [5, 5.41) is 1.02. The highest BCUT2D eigenvalue weighted by molar-refractivity contribution is 5.65. The van der Waals surface area contributed by atoms with Gasteiger partial charge in [0, 0.05) is 7.05 Å². The molecular weight excluding hydrogens is 122 g/mol. The fraction of sp³-hybridized carbons (Fsp3) is 0.800. The largest absolute Gasteiger partial charge is 0.448 e. The molecule has 0 aromatic rings. The van der Waals surface area contributed by atoms with Crippen LogP contribution in [-0.2, 0) is 9.57 Å². The summed E-state index contributed by atoms with van der Waals surface area (Å²) < 4.78 is 4.56. The van der Waals surface area contributed by atoms with Gasteiger partial charge in [0.2, 0.25) is 0 Å². The first kappa shape index (κ1) is 8.23. The van der Waals surface area contributed by atoms with Crippen molar-refractivity contribution in [1.82, 2.24) is 5.06 Å². The zero-order valence-corrected chi connectivity index (χ0v) is 5.88. The molecule has 0 radical (unpaired) electrons. The molecule has 0 fully saturated rings. The van der Waals surface area contributed by atoms with Crippen LogP contribution in [0, 0.1) is 0 Å². The van der Waals surface area contributed by atoms with Crippen molar-refractivity contribution in [2.75, 3.05) is 20.8 Å². The summed E-state index contributed by atoms with van der Waals surface area (Å²) in [5.74, 6) is 0. The summed E-state index contributed by atoms with van der Waals surface area (Å²) in [6.45, 7) is 2.11. The maximum atomic E-state index is 10.6. The van der Waals surface area contributed by atoms with Crippen molar-refractivity contribution >= 4 is 6.09 Å². The topological polar surface area (TPSA) is 38.8 Å². The van der Waals surface area contributed by atoms with Gasteiger partial charge in [-0.3, -0.25) is 4.84 Å². The Morgan fingerprint density at radius 3 is 2.56 bits per heavy atom. The zero-order chi connectivity index (χ0) is 7.28. The Balaban J connectivity index is 3.46. The van der Waals surface area contributed by atoms with Gasteiger partial charge in [-0.05, 0) is 6.92 Å². The smallest absolute Gasteiger partial charge is 0.433 e. The molecule has 0 aromatic heterocycles. The lowest BCUT2D eigenvalue weighted by Crippen LogP contribution is -2.25. The van der Waals surface area contributed by atoms with Crippen molar-refractivity contribution in [3.63, 3.8) is 0 Å². The van der Waals surface area contributed by atoms with E-state index in [0.717, 1.165) is 5.06 Å². The van der Waals surface area contributed by atoms with E-state index < -0.39 is 6.09 Å². The SMILES string of the molecule is CCOC(=O)N(C)OC. The van der Waals surface area contributed by atoms with Crippen molar-refractivity contribution in [3.8, 4) is 0 Å². The van der Waals surface area contributed by atoms with Crippen LogP contribution in [0.5, 0.6) is 0 Å². The molecule has 0 spiro atoms. The lowest BCUT2D eigenvalue weighted by atomic mass is 10.9. The number of amides is 1. The Kier molecular flexibility index (Phi) is 3.79. The molecule has 0 saturated carbocycles. The molecule has 54 valence electrons. The van der Waals surface area contributed by atoms with E-state index in [1.165, 1.54) is 14.2 Å². The second-order valence-electron chi connectivity index (χ2n) is 1.38. The average molecular weight is 133 g/mol. The number of ether oxygens (including phenoxy) is 1. The van der Waals surface area contributed by atoms with Crippen molar-refractivity contribution in [3.05, 3.63) is 0 Å². The van der Waals surface area contributed by atoms with E-state index in [2.05, 4.69) is 9.57 Å². The standard InChI is InChI=1S/C5H11NO3/c1-4-9-5(7)6(2)8-3/h4H2,1-3H3. The van der Waals surface area contributed by atoms with Gasteiger partial charge in [-0.15, -0.1) is 0 Å². The molecule has 0 heterocycles. The predicted octanol–water partition coefficient (Wildman–Crippen LogP) is 0.636. The van der Waals surface area contributed by atoms with Gasteiger partial charge in [0.25, 0.3) is 0 Å². The number of carbonyl (C=O) groups excluding carboxylic acids is 1. The van der Waals surface area contributed by atoms with Gasteiger partial charge >= 0.3 is 6.09 Å². The van der Waals surface area contributed by atoms with Crippen LogP contribution < -0.4 is 0 Å². The third-order valence-electron chi connectivity index (χ3n) is 0.799. The fourth-order valence-electron chi connectivity index (χ4n) is 0.289. The van der Waals surface area contributed by atoms with Gasteiger partial charge in [-0.2, -0.15) is 5.06 Å². The Morgan fingerprint density at radius 1 is 1.67 bits per heavy atom. The number of rotatable bonds is 2. The third-order valence-corrected chi connectivity index (χ3v) is 0.799. The Bertz CT molecular complexity index is 94.2. The molecule has 0 aliphatic heterocycles. The maximum Gasteiger partial charge on any atom is 0.433 e. The highest BCUT2D eigenvalue weighted by Crippen LogP contribution is 1.87. The van der Waals surface area contributed by atoms with Crippen molar-refractivity contribution in [2.24, 2.45) is 0 Å². The number of hydrogen-bond donors (Lipinski definition) is 0. The third kappa shape index (κ3) is 2.92. The van der Waals surface area contributed by atoms with E-state index in [1.807, 2.05) is 0 Å². The predicted molar refractivity (Wildman–Crippen MR) is 31.8 cm³/mol.